The van der Waals surface area contributed by atoms with E-state index < -0.39 is 32.0 Å². The minimum atomic E-state index is -4.81. The molecule has 0 amide bonds. The molecule has 0 radical (unpaired) electrons. The number of nitrogens with zero attached hydrogens (tertiary/aromatic N) is 1. The van der Waals surface area contributed by atoms with E-state index in [9.17, 15) is 22.7 Å². The molecule has 0 spiro atoms. The van der Waals surface area contributed by atoms with Gasteiger partial charge in [-0.25, -0.2) is 4.39 Å². The van der Waals surface area contributed by atoms with Gasteiger partial charge in [0.2, 0.25) is 0 Å². The lowest BCUT2D eigenvalue weighted by atomic mass is 9.74. The second-order valence-corrected chi connectivity index (χ2v) is 18.6. The van der Waals surface area contributed by atoms with Crippen molar-refractivity contribution >= 4 is 30.9 Å². The normalized spacial score (nSPS) is 19.2. The summed E-state index contributed by atoms with van der Waals surface area (Å²) in [6, 6.07) is 2.61. The van der Waals surface area contributed by atoms with Crippen LogP contribution >= 0.6 is 22.6 Å². The van der Waals surface area contributed by atoms with Gasteiger partial charge >= 0.3 is 6.18 Å². The van der Waals surface area contributed by atoms with Gasteiger partial charge in [-0.05, 0) is 82.6 Å². The van der Waals surface area contributed by atoms with Crippen LogP contribution in [-0.2, 0) is 17.0 Å². The van der Waals surface area contributed by atoms with E-state index in [-0.39, 0.29) is 28.0 Å². The smallest absolute Gasteiger partial charge is 0.410 e. The van der Waals surface area contributed by atoms with Gasteiger partial charge in [-0.2, -0.15) is 13.2 Å². The Morgan fingerprint density at radius 2 is 1.76 bits per heavy atom. The zero-order valence-electron chi connectivity index (χ0n) is 23.1. The van der Waals surface area contributed by atoms with Crippen molar-refractivity contribution in [1.82, 2.24) is 4.98 Å². The van der Waals surface area contributed by atoms with Crippen LogP contribution in [0.2, 0.25) is 18.1 Å². The molecule has 0 aliphatic heterocycles. The SMILES string of the molecule is CC(C)c1nc2c(c(I)c1[C@@H](O)c1ccc(C(F)(F)F)c(F)c1)C(O[Si](C)(C)C(C)(C)C)CC(C)(C)C2. The fourth-order valence-electron chi connectivity index (χ4n) is 4.67. The van der Waals surface area contributed by atoms with E-state index in [2.05, 4.69) is 70.3 Å². The maximum atomic E-state index is 14.4. The quantitative estimate of drug-likeness (QED) is 0.199. The first-order valence-electron chi connectivity index (χ1n) is 12.6. The van der Waals surface area contributed by atoms with Gasteiger partial charge in [0, 0.05) is 20.4 Å². The number of pyridine rings is 1. The van der Waals surface area contributed by atoms with Crippen molar-refractivity contribution in [3.63, 3.8) is 0 Å². The Kier molecular flexibility index (Phi) is 8.38. The van der Waals surface area contributed by atoms with Crippen molar-refractivity contribution in [1.29, 1.82) is 0 Å². The van der Waals surface area contributed by atoms with E-state index in [4.69, 9.17) is 9.41 Å². The Morgan fingerprint density at radius 1 is 1.16 bits per heavy atom. The van der Waals surface area contributed by atoms with Gasteiger partial charge in [-0.3, -0.25) is 4.98 Å². The number of aromatic nitrogens is 1. The Morgan fingerprint density at radius 3 is 2.24 bits per heavy atom. The summed E-state index contributed by atoms with van der Waals surface area (Å²) in [5.74, 6) is -1.47. The number of halogens is 5. The van der Waals surface area contributed by atoms with Gasteiger partial charge in [0.25, 0.3) is 0 Å². The molecule has 1 aromatic carbocycles. The van der Waals surface area contributed by atoms with Crippen molar-refractivity contribution in [3.8, 4) is 0 Å². The zero-order chi connectivity index (χ0) is 28.3. The topological polar surface area (TPSA) is 42.4 Å². The van der Waals surface area contributed by atoms with Crippen LogP contribution in [0, 0.1) is 14.8 Å². The van der Waals surface area contributed by atoms with Gasteiger partial charge < -0.3 is 9.53 Å². The Balaban J connectivity index is 2.21. The molecule has 3 rings (SSSR count). The van der Waals surface area contributed by atoms with Crippen LogP contribution < -0.4 is 0 Å². The van der Waals surface area contributed by atoms with E-state index in [0.29, 0.717) is 17.3 Å². The van der Waals surface area contributed by atoms with Crippen LogP contribution in [0.4, 0.5) is 17.6 Å². The maximum Gasteiger partial charge on any atom is 0.419 e. The van der Waals surface area contributed by atoms with E-state index >= 15 is 0 Å². The fourth-order valence-corrected chi connectivity index (χ4v) is 7.17. The molecule has 1 N–H and O–H groups in total. The summed E-state index contributed by atoms with van der Waals surface area (Å²) in [5.41, 5.74) is 1.72. The van der Waals surface area contributed by atoms with E-state index in [0.717, 1.165) is 39.8 Å². The van der Waals surface area contributed by atoms with Crippen LogP contribution in [0.5, 0.6) is 0 Å². The molecule has 0 bridgehead atoms. The number of fused-ring (bicyclic) bond motifs is 1. The second kappa shape index (κ2) is 10.2. The van der Waals surface area contributed by atoms with Crippen molar-refractivity contribution < 1.29 is 27.1 Å². The molecular formula is C28H38F4INO2Si. The highest BCUT2D eigenvalue weighted by molar-refractivity contribution is 14.1. The minimum Gasteiger partial charge on any atom is -0.410 e. The Labute approximate surface area is 232 Å². The molecule has 0 fully saturated rings. The van der Waals surface area contributed by atoms with Gasteiger partial charge in [0.05, 0.1) is 17.4 Å². The van der Waals surface area contributed by atoms with Crippen LogP contribution in [-0.4, -0.2) is 18.4 Å². The average Bonchev–Trinajstić information content (AvgIpc) is 2.69. The molecule has 1 aromatic heterocycles. The molecule has 2 atom stereocenters. The highest BCUT2D eigenvalue weighted by Crippen LogP contribution is 2.50. The first kappa shape index (κ1) is 30.5. The van der Waals surface area contributed by atoms with Crippen LogP contribution in [0.25, 0.3) is 0 Å². The number of aliphatic hydroxyl groups is 1. The lowest BCUT2D eigenvalue weighted by Crippen LogP contribution is -2.44. The average molecular weight is 652 g/mol. The summed E-state index contributed by atoms with van der Waals surface area (Å²) in [6.07, 6.45) is -4.83. The molecule has 2 aromatic rings. The number of rotatable bonds is 5. The molecule has 0 saturated heterocycles. The van der Waals surface area contributed by atoms with Gasteiger partial charge in [0.15, 0.2) is 8.32 Å². The highest BCUT2D eigenvalue weighted by atomic mass is 127. The van der Waals surface area contributed by atoms with Crippen LogP contribution in [0.1, 0.15) is 107 Å². The molecule has 0 saturated carbocycles. The standard InChI is InChI=1S/C28H38F4INO2Si/c1-15(2)24-22(25(35)16-10-11-17(18(29)12-16)28(30,31)32)23(33)21-19(34-24)13-27(6,7)14-20(21)36-37(8,9)26(3,4)5/h10-12,15,20,25,35H,13-14H2,1-9H3/t20?,25-/m0/s1. The fraction of sp³-hybridized carbons (Fsp3) is 0.607. The number of hydrogen-bond acceptors (Lipinski definition) is 3. The third kappa shape index (κ3) is 6.25. The number of hydrogen-bond donors (Lipinski definition) is 1. The van der Waals surface area contributed by atoms with Gasteiger partial charge in [0.1, 0.15) is 11.9 Å². The Bertz CT molecular complexity index is 1170. The lowest BCUT2D eigenvalue weighted by molar-refractivity contribution is -0.140. The first-order valence-corrected chi connectivity index (χ1v) is 16.6. The summed E-state index contributed by atoms with van der Waals surface area (Å²) in [7, 11) is -2.17. The highest BCUT2D eigenvalue weighted by Gasteiger charge is 2.44. The molecule has 206 valence electrons. The molecule has 9 heteroatoms. The van der Waals surface area contributed by atoms with Gasteiger partial charge in [-0.15, -0.1) is 0 Å². The van der Waals surface area contributed by atoms with Crippen molar-refractivity contribution in [2.75, 3.05) is 0 Å². The zero-order valence-corrected chi connectivity index (χ0v) is 26.2. The summed E-state index contributed by atoms with van der Waals surface area (Å²) >= 11 is 2.21. The third-order valence-corrected chi connectivity index (χ3v) is 13.3. The van der Waals surface area contributed by atoms with E-state index in [1.807, 2.05) is 13.8 Å². The summed E-state index contributed by atoms with van der Waals surface area (Å²) < 4.78 is 61.5. The van der Waals surface area contributed by atoms with Crippen LogP contribution in [0.3, 0.4) is 0 Å². The molecule has 3 nitrogen and oxygen atoms in total. The minimum absolute atomic E-state index is 0.00834. The maximum absolute atomic E-state index is 14.4. The lowest BCUT2D eigenvalue weighted by Gasteiger charge is -2.44. The first-order chi connectivity index (χ1) is 16.7. The Hall–Kier alpha value is -1.04. The van der Waals surface area contributed by atoms with E-state index in [1.165, 1.54) is 0 Å². The number of benzene rings is 1. The van der Waals surface area contributed by atoms with Crippen molar-refractivity contribution in [3.05, 3.63) is 61.2 Å². The second-order valence-electron chi connectivity index (χ2n) is 12.8. The summed E-state index contributed by atoms with van der Waals surface area (Å²) in [4.78, 5) is 5.03. The summed E-state index contributed by atoms with van der Waals surface area (Å²) in [5, 5.41) is 11.4. The van der Waals surface area contributed by atoms with E-state index in [1.54, 1.807) is 0 Å². The summed E-state index contributed by atoms with van der Waals surface area (Å²) in [6.45, 7) is 19.3. The molecule has 1 heterocycles. The molecular weight excluding hydrogens is 613 g/mol. The monoisotopic (exact) mass is 651 g/mol. The van der Waals surface area contributed by atoms with Crippen LogP contribution in [0.15, 0.2) is 18.2 Å². The van der Waals surface area contributed by atoms with Crippen molar-refractivity contribution in [2.45, 2.75) is 104 Å². The molecule has 37 heavy (non-hydrogen) atoms. The van der Waals surface area contributed by atoms with Gasteiger partial charge in [-0.1, -0.05) is 54.5 Å². The largest absolute Gasteiger partial charge is 0.419 e. The third-order valence-electron chi connectivity index (χ3n) is 7.70. The predicted molar refractivity (Wildman–Crippen MR) is 150 cm³/mol. The molecule has 1 aliphatic carbocycles. The van der Waals surface area contributed by atoms with Crippen molar-refractivity contribution in [2.24, 2.45) is 5.41 Å². The molecule has 1 aliphatic rings. The molecule has 1 unspecified atom stereocenters. The predicted octanol–water partition coefficient (Wildman–Crippen LogP) is 9.08. The number of alkyl halides is 3. The number of aliphatic hydroxyl groups excluding tert-OH is 1.